The Morgan fingerprint density at radius 2 is 2.00 bits per heavy atom. The summed E-state index contributed by atoms with van der Waals surface area (Å²) in [6, 6.07) is 12.6. The Morgan fingerprint density at radius 3 is 2.62 bits per heavy atom. The van der Waals surface area contributed by atoms with Crippen LogP contribution >= 0.6 is 15.9 Å². The summed E-state index contributed by atoms with van der Waals surface area (Å²) in [7, 11) is 0. The van der Waals surface area contributed by atoms with Crippen LogP contribution in [0.3, 0.4) is 0 Å². The molecule has 0 aromatic heterocycles. The number of aliphatic hydroxyl groups excluding tert-OH is 1. The number of hydrogen-bond acceptors (Lipinski definition) is 5. The van der Waals surface area contributed by atoms with E-state index in [1.165, 1.54) is 24.3 Å². The van der Waals surface area contributed by atoms with Crippen molar-refractivity contribution in [1.82, 2.24) is 5.32 Å². The summed E-state index contributed by atoms with van der Waals surface area (Å²) in [5, 5.41) is 23.1. The van der Waals surface area contributed by atoms with Gasteiger partial charge in [-0.05, 0) is 35.9 Å². The number of aliphatic hydroxyl groups is 1. The smallest absolute Gasteiger partial charge is 0.269 e. The number of rotatable bonds is 7. The molecule has 0 bridgehead atoms. The van der Waals surface area contributed by atoms with E-state index in [2.05, 4.69) is 21.2 Å². The molecule has 0 saturated heterocycles. The number of benzene rings is 2. The van der Waals surface area contributed by atoms with Gasteiger partial charge in [0.2, 0.25) is 0 Å². The van der Waals surface area contributed by atoms with E-state index in [1.807, 2.05) is 6.07 Å². The molecule has 7 nitrogen and oxygen atoms in total. The van der Waals surface area contributed by atoms with E-state index in [0.717, 1.165) is 4.47 Å². The first-order chi connectivity index (χ1) is 11.5. The van der Waals surface area contributed by atoms with Crippen molar-refractivity contribution in [3.05, 3.63) is 68.7 Å². The number of nitro benzene ring substituents is 1. The molecule has 0 heterocycles. The SMILES string of the molecule is O=C(COc1cccc(Br)c1)NC[C@@H](O)c1ccc([N+](=O)[O-])cc1. The Hall–Kier alpha value is -2.45. The standard InChI is InChI=1S/C16H15BrN2O5/c17-12-2-1-3-14(8-12)24-10-16(21)18-9-15(20)11-4-6-13(7-5-11)19(22)23/h1-8,15,20H,9-10H2,(H,18,21)/t15-/m1/s1. The third kappa shape index (κ3) is 5.32. The van der Waals surface area contributed by atoms with Gasteiger partial charge >= 0.3 is 0 Å². The van der Waals surface area contributed by atoms with Gasteiger partial charge in [0.15, 0.2) is 6.61 Å². The maximum absolute atomic E-state index is 11.7. The molecule has 0 fully saturated rings. The Kier molecular flexibility index (Phi) is 6.28. The summed E-state index contributed by atoms with van der Waals surface area (Å²) in [5.74, 6) is 0.173. The molecule has 0 spiro atoms. The van der Waals surface area contributed by atoms with Crippen LogP contribution in [0.2, 0.25) is 0 Å². The topological polar surface area (TPSA) is 102 Å². The van der Waals surface area contributed by atoms with Gasteiger partial charge in [-0.15, -0.1) is 0 Å². The Morgan fingerprint density at radius 1 is 1.29 bits per heavy atom. The summed E-state index contributed by atoms with van der Waals surface area (Å²) < 4.78 is 6.17. The minimum absolute atomic E-state index is 0.0154. The highest BCUT2D eigenvalue weighted by Crippen LogP contribution is 2.18. The molecular weight excluding hydrogens is 380 g/mol. The van der Waals surface area contributed by atoms with Gasteiger partial charge in [0, 0.05) is 23.2 Å². The second kappa shape index (κ2) is 8.42. The second-order valence-electron chi connectivity index (χ2n) is 4.91. The molecule has 0 aliphatic carbocycles. The summed E-state index contributed by atoms with van der Waals surface area (Å²) >= 11 is 3.30. The van der Waals surface area contributed by atoms with Crippen LogP contribution in [0.5, 0.6) is 5.75 Å². The zero-order valence-corrected chi connectivity index (χ0v) is 14.1. The third-order valence-electron chi connectivity index (χ3n) is 3.15. The van der Waals surface area contributed by atoms with Crippen molar-refractivity contribution >= 4 is 27.5 Å². The molecule has 2 rings (SSSR count). The monoisotopic (exact) mass is 394 g/mol. The average molecular weight is 395 g/mol. The Labute approximate surface area is 146 Å². The van der Waals surface area contributed by atoms with Gasteiger partial charge in [0.1, 0.15) is 5.75 Å². The van der Waals surface area contributed by atoms with Crippen molar-refractivity contribution in [3.63, 3.8) is 0 Å². The lowest BCUT2D eigenvalue weighted by atomic mass is 10.1. The van der Waals surface area contributed by atoms with Crippen molar-refractivity contribution in [2.24, 2.45) is 0 Å². The number of non-ortho nitro benzene ring substituents is 1. The molecule has 0 radical (unpaired) electrons. The largest absolute Gasteiger partial charge is 0.484 e. The van der Waals surface area contributed by atoms with E-state index in [1.54, 1.807) is 18.2 Å². The lowest BCUT2D eigenvalue weighted by molar-refractivity contribution is -0.384. The van der Waals surface area contributed by atoms with Crippen molar-refractivity contribution in [3.8, 4) is 5.75 Å². The molecule has 2 aromatic carbocycles. The van der Waals surface area contributed by atoms with Crippen LogP contribution in [0.25, 0.3) is 0 Å². The van der Waals surface area contributed by atoms with Gasteiger partial charge in [-0.3, -0.25) is 14.9 Å². The minimum atomic E-state index is -0.958. The highest BCUT2D eigenvalue weighted by molar-refractivity contribution is 9.10. The molecule has 1 amide bonds. The summed E-state index contributed by atoms with van der Waals surface area (Å²) in [6.07, 6.45) is -0.958. The number of ether oxygens (including phenoxy) is 1. The highest BCUT2D eigenvalue weighted by Gasteiger charge is 2.12. The molecule has 0 unspecified atom stereocenters. The zero-order valence-electron chi connectivity index (χ0n) is 12.5. The first-order valence-corrected chi connectivity index (χ1v) is 7.82. The van der Waals surface area contributed by atoms with E-state index in [0.29, 0.717) is 11.3 Å². The fourth-order valence-electron chi connectivity index (χ4n) is 1.90. The van der Waals surface area contributed by atoms with E-state index in [4.69, 9.17) is 4.74 Å². The molecule has 0 aliphatic heterocycles. The summed E-state index contributed by atoms with van der Waals surface area (Å²) in [5.41, 5.74) is 0.422. The number of nitrogens with one attached hydrogen (secondary N) is 1. The summed E-state index contributed by atoms with van der Waals surface area (Å²) in [6.45, 7) is -0.193. The van der Waals surface area contributed by atoms with Crippen molar-refractivity contribution in [2.75, 3.05) is 13.2 Å². The van der Waals surface area contributed by atoms with Crippen molar-refractivity contribution in [1.29, 1.82) is 0 Å². The molecule has 8 heteroatoms. The van der Waals surface area contributed by atoms with Crippen LogP contribution in [-0.2, 0) is 4.79 Å². The number of nitro groups is 1. The first-order valence-electron chi connectivity index (χ1n) is 7.03. The quantitative estimate of drug-likeness (QED) is 0.554. The van der Waals surface area contributed by atoms with Crippen LogP contribution in [-0.4, -0.2) is 29.1 Å². The highest BCUT2D eigenvalue weighted by atomic mass is 79.9. The lowest BCUT2D eigenvalue weighted by Crippen LogP contribution is -2.32. The third-order valence-corrected chi connectivity index (χ3v) is 3.64. The first kappa shape index (κ1) is 17.9. The van der Waals surface area contributed by atoms with Crippen LogP contribution in [0, 0.1) is 10.1 Å². The fraction of sp³-hybridized carbons (Fsp3) is 0.188. The predicted octanol–water partition coefficient (Wildman–Crippen LogP) is 2.59. The second-order valence-corrected chi connectivity index (χ2v) is 5.83. The number of hydrogen-bond donors (Lipinski definition) is 2. The summed E-state index contributed by atoms with van der Waals surface area (Å²) in [4.78, 5) is 21.8. The maximum Gasteiger partial charge on any atom is 0.269 e. The fourth-order valence-corrected chi connectivity index (χ4v) is 2.28. The van der Waals surface area contributed by atoms with Crippen LogP contribution in [0.15, 0.2) is 53.0 Å². The maximum atomic E-state index is 11.7. The Bertz CT molecular complexity index is 721. The molecule has 0 saturated carbocycles. The van der Waals surface area contributed by atoms with Crippen LogP contribution in [0.4, 0.5) is 5.69 Å². The van der Waals surface area contributed by atoms with Gasteiger partial charge in [-0.25, -0.2) is 0 Å². The minimum Gasteiger partial charge on any atom is -0.484 e. The molecule has 0 aliphatic rings. The molecule has 2 aromatic rings. The molecule has 24 heavy (non-hydrogen) atoms. The number of amides is 1. The molecular formula is C16H15BrN2O5. The van der Waals surface area contributed by atoms with E-state index in [9.17, 15) is 20.0 Å². The van der Waals surface area contributed by atoms with Gasteiger partial charge in [-0.2, -0.15) is 0 Å². The van der Waals surface area contributed by atoms with E-state index < -0.39 is 11.0 Å². The number of carbonyl (C=O) groups is 1. The van der Waals surface area contributed by atoms with Gasteiger partial charge in [-0.1, -0.05) is 22.0 Å². The van der Waals surface area contributed by atoms with Crippen LogP contribution in [0.1, 0.15) is 11.7 Å². The molecule has 126 valence electrons. The number of carbonyl (C=O) groups excluding carboxylic acids is 1. The van der Waals surface area contributed by atoms with Gasteiger partial charge < -0.3 is 15.2 Å². The normalized spacial score (nSPS) is 11.6. The van der Waals surface area contributed by atoms with E-state index >= 15 is 0 Å². The van der Waals surface area contributed by atoms with Gasteiger partial charge in [0.25, 0.3) is 11.6 Å². The Balaban J connectivity index is 1.79. The van der Waals surface area contributed by atoms with Crippen LogP contribution < -0.4 is 10.1 Å². The van der Waals surface area contributed by atoms with E-state index in [-0.39, 0.29) is 24.7 Å². The zero-order chi connectivity index (χ0) is 17.5. The number of halogens is 1. The van der Waals surface area contributed by atoms with Gasteiger partial charge in [0.05, 0.1) is 11.0 Å². The van der Waals surface area contributed by atoms with Crippen molar-refractivity contribution in [2.45, 2.75) is 6.10 Å². The predicted molar refractivity (Wildman–Crippen MR) is 90.7 cm³/mol. The average Bonchev–Trinajstić information content (AvgIpc) is 2.58. The lowest BCUT2D eigenvalue weighted by Gasteiger charge is -2.12. The van der Waals surface area contributed by atoms with Crippen molar-refractivity contribution < 1.29 is 19.6 Å². The number of nitrogens with zero attached hydrogens (tertiary/aromatic N) is 1. The molecule has 1 atom stereocenters. The molecule has 2 N–H and O–H groups in total.